The monoisotopic (exact) mass is 268 g/mol. The van der Waals surface area contributed by atoms with Gasteiger partial charge < -0.3 is 0 Å². The molecule has 1 heterocycles. The van der Waals surface area contributed by atoms with E-state index in [9.17, 15) is 8.42 Å². The van der Waals surface area contributed by atoms with Crippen LogP contribution in [0.2, 0.25) is 0 Å². The maximum atomic E-state index is 12.5. The van der Waals surface area contributed by atoms with E-state index in [1.165, 1.54) is 0 Å². The van der Waals surface area contributed by atoms with Gasteiger partial charge in [-0.3, -0.25) is 0 Å². The summed E-state index contributed by atoms with van der Waals surface area (Å²) in [7, 11) is -1.43. The first-order chi connectivity index (χ1) is 8.23. The second-order valence-corrected chi connectivity index (χ2v) is 7.51. The Labute approximate surface area is 109 Å². The van der Waals surface area contributed by atoms with Gasteiger partial charge in [0, 0.05) is 13.8 Å². The van der Waals surface area contributed by atoms with Crippen molar-refractivity contribution < 1.29 is 17.3 Å². The number of hydrogen-bond donors (Lipinski definition) is 1. The largest absolute Gasteiger partial charge is 0.341 e. The third-order valence-electron chi connectivity index (χ3n) is 3.58. The second kappa shape index (κ2) is 4.17. The van der Waals surface area contributed by atoms with Crippen LogP contribution in [0.15, 0.2) is 29.2 Å². The molecule has 0 radical (unpaired) electrons. The van der Waals surface area contributed by atoms with Crippen LogP contribution in [0.3, 0.4) is 0 Å². The van der Waals surface area contributed by atoms with Crippen molar-refractivity contribution in [2.45, 2.75) is 31.2 Å². The molecule has 0 saturated heterocycles. The van der Waals surface area contributed by atoms with Gasteiger partial charge in [0.1, 0.15) is 11.9 Å². The first-order valence-corrected chi connectivity index (χ1v) is 7.47. The SMILES string of the molecule is Cc1ccc(S(=O)(=O)[NH+]2C=[N+](C)C(C)(C)C2)cc1. The molecule has 0 aromatic heterocycles. The van der Waals surface area contributed by atoms with Gasteiger partial charge in [0.05, 0.1) is 0 Å². The lowest BCUT2D eigenvalue weighted by molar-refractivity contribution is -0.649. The molecule has 4 nitrogen and oxygen atoms in total. The van der Waals surface area contributed by atoms with Gasteiger partial charge >= 0.3 is 16.4 Å². The maximum Gasteiger partial charge on any atom is 0.341 e. The van der Waals surface area contributed by atoms with E-state index in [1.54, 1.807) is 18.5 Å². The predicted molar refractivity (Wildman–Crippen MR) is 70.5 cm³/mol. The molecule has 1 N–H and O–H groups in total. The van der Waals surface area contributed by atoms with E-state index in [-0.39, 0.29) is 5.54 Å². The normalized spacial score (nSPS) is 22.9. The van der Waals surface area contributed by atoms with Crippen LogP contribution in [-0.2, 0) is 10.0 Å². The number of nitrogens with one attached hydrogen (secondary N) is 1. The Morgan fingerprint density at radius 1 is 1.22 bits per heavy atom. The van der Waals surface area contributed by atoms with Crippen molar-refractivity contribution in [3.63, 3.8) is 0 Å². The van der Waals surface area contributed by atoms with Crippen LogP contribution in [0.4, 0.5) is 0 Å². The number of nitrogens with zero attached hydrogens (tertiary/aromatic N) is 1. The van der Waals surface area contributed by atoms with E-state index < -0.39 is 10.0 Å². The van der Waals surface area contributed by atoms with Crippen LogP contribution in [0.5, 0.6) is 0 Å². The first kappa shape index (κ1) is 13.2. The molecule has 1 aliphatic heterocycles. The molecule has 0 bridgehead atoms. The third kappa shape index (κ3) is 2.20. The average Bonchev–Trinajstić information content (AvgIpc) is 2.55. The predicted octanol–water partition coefficient (Wildman–Crippen LogP) is 0.0314. The molecule has 0 aliphatic carbocycles. The summed E-state index contributed by atoms with van der Waals surface area (Å²) in [5, 5.41) is 0. The summed E-state index contributed by atoms with van der Waals surface area (Å²) in [5.74, 6) is 0. The molecule has 1 atom stereocenters. The lowest BCUT2D eigenvalue weighted by Gasteiger charge is -2.12. The molecule has 18 heavy (non-hydrogen) atoms. The molecule has 2 rings (SSSR count). The Morgan fingerprint density at radius 2 is 1.78 bits per heavy atom. The zero-order valence-corrected chi connectivity index (χ0v) is 12.1. The zero-order valence-electron chi connectivity index (χ0n) is 11.3. The molecule has 1 unspecified atom stereocenters. The lowest BCUT2D eigenvalue weighted by atomic mass is 10.1. The number of quaternary nitrogens is 1. The van der Waals surface area contributed by atoms with Crippen LogP contribution in [0.25, 0.3) is 0 Å². The molecule has 1 aromatic carbocycles. The van der Waals surface area contributed by atoms with E-state index in [2.05, 4.69) is 0 Å². The van der Waals surface area contributed by atoms with Gasteiger partial charge in [-0.05, 0) is 19.1 Å². The zero-order chi connectivity index (χ0) is 13.6. The quantitative estimate of drug-likeness (QED) is 0.769. The molecule has 1 aromatic rings. The van der Waals surface area contributed by atoms with Crippen molar-refractivity contribution >= 4 is 16.4 Å². The lowest BCUT2D eigenvalue weighted by Crippen LogP contribution is -3.12. The molecule has 5 heteroatoms. The number of aryl methyl sites for hydroxylation is 1. The third-order valence-corrected chi connectivity index (χ3v) is 5.41. The number of rotatable bonds is 2. The Morgan fingerprint density at radius 3 is 2.22 bits per heavy atom. The highest BCUT2D eigenvalue weighted by atomic mass is 32.2. The van der Waals surface area contributed by atoms with E-state index in [0.29, 0.717) is 15.7 Å². The fourth-order valence-electron chi connectivity index (χ4n) is 2.02. The molecule has 0 fully saturated rings. The van der Waals surface area contributed by atoms with Gasteiger partial charge in [0.2, 0.25) is 5.54 Å². The summed E-state index contributed by atoms with van der Waals surface area (Å²) >= 11 is 0. The molecule has 0 saturated carbocycles. The van der Waals surface area contributed by atoms with Crippen LogP contribution >= 0.6 is 0 Å². The number of sulfonamides is 1. The van der Waals surface area contributed by atoms with Crippen molar-refractivity contribution in [3.05, 3.63) is 29.8 Å². The number of likely N-dealkylation sites (N-methyl/N-ethyl adjacent to an activating group) is 1. The summed E-state index contributed by atoms with van der Waals surface area (Å²) in [6.45, 7) is 6.59. The highest BCUT2D eigenvalue weighted by Crippen LogP contribution is 2.11. The van der Waals surface area contributed by atoms with Crippen LogP contribution in [-0.4, -0.2) is 38.5 Å². The summed E-state index contributed by atoms with van der Waals surface area (Å²) < 4.78 is 27.4. The van der Waals surface area contributed by atoms with E-state index in [4.69, 9.17) is 0 Å². The smallest absolute Gasteiger partial charge is 0.181 e. The minimum Gasteiger partial charge on any atom is -0.181 e. The van der Waals surface area contributed by atoms with Gasteiger partial charge in [-0.25, -0.2) is 0 Å². The van der Waals surface area contributed by atoms with Crippen molar-refractivity contribution in [1.29, 1.82) is 0 Å². The van der Waals surface area contributed by atoms with Gasteiger partial charge in [-0.15, -0.1) is 4.31 Å². The number of benzene rings is 1. The summed E-state index contributed by atoms with van der Waals surface area (Å²) in [4.78, 5) is 0.380. The molecule has 0 amide bonds. The highest BCUT2D eigenvalue weighted by Gasteiger charge is 2.46. The van der Waals surface area contributed by atoms with Gasteiger partial charge in [-0.1, -0.05) is 17.7 Å². The van der Waals surface area contributed by atoms with Crippen LogP contribution in [0.1, 0.15) is 19.4 Å². The topological polar surface area (TPSA) is 41.6 Å². The highest BCUT2D eigenvalue weighted by molar-refractivity contribution is 7.85. The standard InChI is InChI=1S/C13H19N2O2S/c1-11-5-7-12(8-6-11)18(16,17)15-9-13(2,3)14(4)10-15/h5-8,10H,9H2,1-4H3/q+1/p+1. The average molecular weight is 268 g/mol. The molecule has 0 spiro atoms. The first-order valence-electron chi connectivity index (χ1n) is 5.99. The van der Waals surface area contributed by atoms with Crippen molar-refractivity contribution in [1.82, 2.24) is 0 Å². The van der Waals surface area contributed by atoms with E-state index in [1.807, 2.05) is 44.5 Å². The second-order valence-electron chi connectivity index (χ2n) is 5.51. The van der Waals surface area contributed by atoms with E-state index in [0.717, 1.165) is 5.56 Å². The molecular formula is C13H20N2O2S+2. The Kier molecular flexibility index (Phi) is 3.07. The van der Waals surface area contributed by atoms with Crippen molar-refractivity contribution in [3.8, 4) is 0 Å². The van der Waals surface area contributed by atoms with Gasteiger partial charge in [0.15, 0.2) is 6.54 Å². The minimum absolute atomic E-state index is 0.132. The molecule has 1 aliphatic rings. The summed E-state index contributed by atoms with van der Waals surface area (Å²) in [6.07, 6.45) is 1.75. The van der Waals surface area contributed by atoms with Gasteiger partial charge in [-0.2, -0.15) is 13.0 Å². The number of hydrogen-bond acceptors (Lipinski definition) is 2. The Bertz CT molecular complexity index is 586. The Balaban J connectivity index is 2.37. The summed E-state index contributed by atoms with van der Waals surface area (Å²) in [6, 6.07) is 7.02. The van der Waals surface area contributed by atoms with Crippen molar-refractivity contribution in [2.75, 3.05) is 13.6 Å². The van der Waals surface area contributed by atoms with Crippen LogP contribution < -0.4 is 4.31 Å². The molecule has 98 valence electrons. The molecular weight excluding hydrogens is 248 g/mol. The van der Waals surface area contributed by atoms with E-state index >= 15 is 0 Å². The van der Waals surface area contributed by atoms with Gasteiger partial charge in [0.25, 0.3) is 0 Å². The Hall–Kier alpha value is -1.20. The summed E-state index contributed by atoms with van der Waals surface area (Å²) in [5.41, 5.74) is 0.930. The fraction of sp³-hybridized carbons (Fsp3) is 0.462. The van der Waals surface area contributed by atoms with Crippen LogP contribution in [0, 0.1) is 6.92 Å². The minimum atomic E-state index is -3.34. The maximum absolute atomic E-state index is 12.5. The fourth-order valence-corrected chi connectivity index (χ4v) is 3.66. The van der Waals surface area contributed by atoms with Crippen molar-refractivity contribution in [2.24, 2.45) is 0 Å².